The molecule has 0 aromatic rings. The second-order valence-corrected chi connectivity index (χ2v) is 5.78. The largest absolute Gasteiger partial charge is 0.314 e. The van der Waals surface area contributed by atoms with E-state index in [1.54, 1.807) is 0 Å². The molecule has 1 nitrogen and oxygen atoms in total. The highest BCUT2D eigenvalue weighted by atomic mass is 14.9. The molecule has 0 aromatic heterocycles. The summed E-state index contributed by atoms with van der Waals surface area (Å²) in [5.41, 5.74) is 0. The van der Waals surface area contributed by atoms with Gasteiger partial charge in [0, 0.05) is 6.04 Å². The van der Waals surface area contributed by atoms with Crippen LogP contribution >= 0.6 is 0 Å². The maximum Gasteiger partial charge on any atom is 0.00411 e. The molecule has 0 amide bonds. The van der Waals surface area contributed by atoms with E-state index in [4.69, 9.17) is 0 Å². The molecule has 1 unspecified atom stereocenters. The Morgan fingerprint density at radius 3 is 2.40 bits per heavy atom. The predicted octanol–water partition coefficient (Wildman–Crippen LogP) is 3.98. The first-order valence-corrected chi connectivity index (χ1v) is 6.92. The first-order valence-electron chi connectivity index (χ1n) is 6.92. The lowest BCUT2D eigenvalue weighted by Crippen LogP contribution is -2.28. The molecule has 1 N–H and O–H groups in total. The minimum Gasteiger partial charge on any atom is -0.314 e. The smallest absolute Gasteiger partial charge is 0.00411 e. The molecule has 1 atom stereocenters. The highest BCUT2D eigenvalue weighted by Gasteiger charge is 2.14. The summed E-state index contributed by atoms with van der Waals surface area (Å²) in [5.74, 6) is 1.88. The van der Waals surface area contributed by atoms with Crippen molar-refractivity contribution in [2.75, 3.05) is 6.54 Å². The van der Waals surface area contributed by atoms with Crippen molar-refractivity contribution < 1.29 is 0 Å². The van der Waals surface area contributed by atoms with Crippen molar-refractivity contribution in [2.24, 2.45) is 11.8 Å². The highest BCUT2D eigenvalue weighted by Crippen LogP contribution is 2.28. The van der Waals surface area contributed by atoms with Crippen molar-refractivity contribution in [3.05, 3.63) is 0 Å². The summed E-state index contributed by atoms with van der Waals surface area (Å²) in [4.78, 5) is 0. The molecule has 1 rings (SSSR count). The Bertz CT molecular complexity index is 147. The molecular formula is C14H29N. The molecule has 1 aliphatic rings. The van der Waals surface area contributed by atoms with Crippen LogP contribution in [0.15, 0.2) is 0 Å². The molecule has 1 heteroatoms. The van der Waals surface area contributed by atoms with Gasteiger partial charge in [-0.25, -0.2) is 0 Å². The minimum atomic E-state index is 0.702. The van der Waals surface area contributed by atoms with E-state index >= 15 is 0 Å². The van der Waals surface area contributed by atoms with Gasteiger partial charge in [0.2, 0.25) is 0 Å². The van der Waals surface area contributed by atoms with Gasteiger partial charge in [-0.2, -0.15) is 0 Å². The van der Waals surface area contributed by atoms with Gasteiger partial charge in [-0.15, -0.1) is 0 Å². The molecule has 0 radical (unpaired) electrons. The molecule has 0 saturated heterocycles. The van der Waals surface area contributed by atoms with Crippen molar-refractivity contribution in [3.63, 3.8) is 0 Å². The number of hydrogen-bond donors (Lipinski definition) is 1. The van der Waals surface area contributed by atoms with Gasteiger partial charge in [0.25, 0.3) is 0 Å². The van der Waals surface area contributed by atoms with Crippen LogP contribution in [-0.2, 0) is 0 Å². The van der Waals surface area contributed by atoms with E-state index in [0.29, 0.717) is 6.04 Å². The van der Waals surface area contributed by atoms with Crippen LogP contribution in [0, 0.1) is 11.8 Å². The summed E-state index contributed by atoms with van der Waals surface area (Å²) in [7, 11) is 0. The monoisotopic (exact) mass is 211 g/mol. The van der Waals surface area contributed by atoms with Crippen LogP contribution in [-0.4, -0.2) is 12.6 Å². The Kier molecular flexibility index (Phi) is 6.31. The van der Waals surface area contributed by atoms with Crippen molar-refractivity contribution in [1.29, 1.82) is 0 Å². The third-order valence-corrected chi connectivity index (χ3v) is 3.58. The van der Waals surface area contributed by atoms with Crippen LogP contribution in [0.25, 0.3) is 0 Å². The Hall–Kier alpha value is -0.0400. The Morgan fingerprint density at radius 2 is 1.80 bits per heavy atom. The van der Waals surface area contributed by atoms with Gasteiger partial charge in [0.15, 0.2) is 0 Å². The standard InChI is InChI=1S/C14H29N/c1-12(2)11-13(3)15-10-6-9-14-7-4-5-8-14/h12-15H,4-11H2,1-3H3. The zero-order valence-electron chi connectivity index (χ0n) is 10.9. The third-order valence-electron chi connectivity index (χ3n) is 3.58. The Balaban J connectivity index is 1.91. The van der Waals surface area contributed by atoms with Crippen LogP contribution in [0.1, 0.15) is 65.7 Å². The van der Waals surface area contributed by atoms with Crippen molar-refractivity contribution in [3.8, 4) is 0 Å². The van der Waals surface area contributed by atoms with E-state index < -0.39 is 0 Å². The number of hydrogen-bond acceptors (Lipinski definition) is 1. The van der Waals surface area contributed by atoms with Gasteiger partial charge in [-0.05, 0) is 44.6 Å². The summed E-state index contributed by atoms with van der Waals surface area (Å²) in [6.45, 7) is 8.15. The maximum absolute atomic E-state index is 3.64. The van der Waals surface area contributed by atoms with Crippen LogP contribution in [0.3, 0.4) is 0 Å². The molecule has 0 aromatic carbocycles. The van der Waals surface area contributed by atoms with Crippen LogP contribution in [0.4, 0.5) is 0 Å². The van der Waals surface area contributed by atoms with E-state index in [0.717, 1.165) is 11.8 Å². The van der Waals surface area contributed by atoms with E-state index in [1.165, 1.54) is 51.5 Å². The summed E-state index contributed by atoms with van der Waals surface area (Å²) in [5, 5.41) is 3.64. The zero-order chi connectivity index (χ0) is 11.1. The molecule has 0 aliphatic heterocycles. The predicted molar refractivity (Wildman–Crippen MR) is 68.1 cm³/mol. The van der Waals surface area contributed by atoms with Gasteiger partial charge in [-0.3, -0.25) is 0 Å². The van der Waals surface area contributed by atoms with E-state index in [9.17, 15) is 0 Å². The fourth-order valence-electron chi connectivity index (χ4n) is 2.83. The molecule has 0 spiro atoms. The van der Waals surface area contributed by atoms with Gasteiger partial charge in [0.1, 0.15) is 0 Å². The SMILES string of the molecule is CC(C)CC(C)NCCCC1CCCC1. The Morgan fingerprint density at radius 1 is 1.13 bits per heavy atom. The normalized spacial score (nSPS) is 20.0. The molecule has 15 heavy (non-hydrogen) atoms. The molecule has 0 heterocycles. The molecule has 1 fully saturated rings. The quantitative estimate of drug-likeness (QED) is 0.628. The fourth-order valence-corrected chi connectivity index (χ4v) is 2.83. The molecule has 90 valence electrons. The number of nitrogens with one attached hydrogen (secondary N) is 1. The van der Waals surface area contributed by atoms with Gasteiger partial charge in [-0.1, -0.05) is 39.5 Å². The summed E-state index contributed by atoms with van der Waals surface area (Å²) >= 11 is 0. The molecular weight excluding hydrogens is 182 g/mol. The van der Waals surface area contributed by atoms with E-state index in [-0.39, 0.29) is 0 Å². The van der Waals surface area contributed by atoms with Crippen molar-refractivity contribution in [1.82, 2.24) is 5.32 Å². The first-order chi connectivity index (χ1) is 7.18. The minimum absolute atomic E-state index is 0.702. The van der Waals surface area contributed by atoms with Crippen LogP contribution in [0.5, 0.6) is 0 Å². The van der Waals surface area contributed by atoms with Crippen molar-refractivity contribution in [2.45, 2.75) is 71.8 Å². The maximum atomic E-state index is 3.64. The van der Waals surface area contributed by atoms with E-state index in [2.05, 4.69) is 26.1 Å². The average molecular weight is 211 g/mol. The van der Waals surface area contributed by atoms with E-state index in [1.807, 2.05) is 0 Å². The average Bonchev–Trinajstić information content (AvgIpc) is 2.63. The third kappa shape index (κ3) is 6.19. The topological polar surface area (TPSA) is 12.0 Å². The van der Waals surface area contributed by atoms with Gasteiger partial charge in [0.05, 0.1) is 0 Å². The number of rotatable bonds is 7. The van der Waals surface area contributed by atoms with Crippen LogP contribution < -0.4 is 5.32 Å². The molecule has 1 saturated carbocycles. The van der Waals surface area contributed by atoms with Gasteiger partial charge < -0.3 is 5.32 Å². The van der Waals surface area contributed by atoms with Crippen LogP contribution in [0.2, 0.25) is 0 Å². The zero-order valence-corrected chi connectivity index (χ0v) is 10.9. The Labute approximate surface area is 96.0 Å². The highest BCUT2D eigenvalue weighted by molar-refractivity contribution is 4.68. The first kappa shape index (κ1) is 13.0. The summed E-state index contributed by atoms with van der Waals surface area (Å²) in [6.07, 6.45) is 10.1. The summed E-state index contributed by atoms with van der Waals surface area (Å²) < 4.78 is 0. The second-order valence-electron chi connectivity index (χ2n) is 5.78. The lowest BCUT2D eigenvalue weighted by atomic mass is 10.0. The van der Waals surface area contributed by atoms with Crippen molar-refractivity contribution >= 4 is 0 Å². The summed E-state index contributed by atoms with van der Waals surface area (Å²) in [6, 6.07) is 0.702. The molecule has 1 aliphatic carbocycles. The second kappa shape index (κ2) is 7.27. The lowest BCUT2D eigenvalue weighted by Gasteiger charge is -2.16. The fraction of sp³-hybridized carbons (Fsp3) is 1.00. The lowest BCUT2D eigenvalue weighted by molar-refractivity contribution is 0.415. The van der Waals surface area contributed by atoms with Gasteiger partial charge >= 0.3 is 0 Å². The molecule has 0 bridgehead atoms.